The maximum absolute atomic E-state index is 14.4. The predicted molar refractivity (Wildman–Crippen MR) is 216 cm³/mol. The van der Waals surface area contributed by atoms with E-state index in [1.165, 1.54) is 23.1 Å². The van der Waals surface area contributed by atoms with Gasteiger partial charge in [-0.05, 0) is 83.2 Å². The molecule has 0 bridgehead atoms. The molecule has 0 saturated carbocycles. The average molecular weight is 770 g/mol. The summed E-state index contributed by atoms with van der Waals surface area (Å²) in [5.74, 6) is -1.69. The molecule has 56 heavy (non-hydrogen) atoms. The van der Waals surface area contributed by atoms with Crippen LogP contribution in [0.25, 0.3) is 22.2 Å². The summed E-state index contributed by atoms with van der Waals surface area (Å²) in [5, 5.41) is 16.4. The van der Waals surface area contributed by atoms with Crippen LogP contribution in [0.3, 0.4) is 0 Å². The number of carboxylic acids is 1. The summed E-state index contributed by atoms with van der Waals surface area (Å²) in [6.45, 7) is 16.6. The number of methoxy groups -OCH3 is 1. The zero-order valence-electron chi connectivity index (χ0n) is 33.9. The molecule has 0 aliphatic carbocycles. The van der Waals surface area contributed by atoms with Crippen molar-refractivity contribution in [2.24, 2.45) is 5.92 Å². The highest BCUT2D eigenvalue weighted by Crippen LogP contribution is 2.37. The van der Waals surface area contributed by atoms with Crippen LogP contribution in [0, 0.1) is 5.92 Å². The standard InChI is InChI=1S/C43H55N5O8/c1-11-26(4)16-18-43(8,40(51)52)46-38(49)35-22-30(24-48(35)39(50)37(25(2)3)45-41(53)56-42(5,6)7)55-36-23-32(44-33-21-29(54-10)13-14-31(33)36)27-12-15-34-28(20-27)17-19-47(34)9/h11-16,20-21,23,25,30,35,37H,1,17-19,22,24H2,2-10H3,(H,45,53)(H,46,49)(H,51,52)/t30-,35+,37+,43?/m1/s1. The lowest BCUT2D eigenvalue weighted by molar-refractivity contribution is -0.148. The van der Waals surface area contributed by atoms with Gasteiger partial charge < -0.3 is 39.8 Å². The Morgan fingerprint density at radius 3 is 2.46 bits per heavy atom. The summed E-state index contributed by atoms with van der Waals surface area (Å²) >= 11 is 0. The Labute approximate surface area is 329 Å². The number of allylic oxidation sites excluding steroid dienone is 2. The van der Waals surface area contributed by atoms with E-state index >= 15 is 0 Å². The van der Waals surface area contributed by atoms with Gasteiger partial charge in [-0.15, -0.1) is 0 Å². The van der Waals surface area contributed by atoms with Gasteiger partial charge in [-0.2, -0.15) is 0 Å². The molecule has 1 fully saturated rings. The number of likely N-dealkylation sites (tertiary alicyclic amines) is 1. The summed E-state index contributed by atoms with van der Waals surface area (Å²) in [4.78, 5) is 62.8. The van der Waals surface area contributed by atoms with E-state index in [1.54, 1.807) is 60.8 Å². The van der Waals surface area contributed by atoms with Crippen LogP contribution >= 0.6 is 0 Å². The summed E-state index contributed by atoms with van der Waals surface area (Å²) in [5.41, 5.74) is 2.88. The van der Waals surface area contributed by atoms with Crippen molar-refractivity contribution in [1.29, 1.82) is 0 Å². The number of nitrogens with one attached hydrogen (secondary N) is 2. The number of hydrogen-bond acceptors (Lipinski definition) is 9. The molecule has 2 aromatic carbocycles. The van der Waals surface area contributed by atoms with Crippen LogP contribution < -0.4 is 25.0 Å². The van der Waals surface area contributed by atoms with Gasteiger partial charge in [0, 0.05) is 48.8 Å². The van der Waals surface area contributed by atoms with Gasteiger partial charge in [-0.25, -0.2) is 14.6 Å². The number of alkyl carbamates (subject to hydrolysis) is 1. The summed E-state index contributed by atoms with van der Waals surface area (Å²) in [6.07, 6.45) is 2.76. The zero-order valence-corrected chi connectivity index (χ0v) is 33.9. The number of amides is 3. The number of aromatic nitrogens is 1. The van der Waals surface area contributed by atoms with E-state index in [1.807, 2.05) is 30.3 Å². The Kier molecular flexibility index (Phi) is 12.4. The fraction of sp³-hybridized carbons (Fsp3) is 0.465. The molecule has 3 aromatic rings. The highest BCUT2D eigenvalue weighted by molar-refractivity contribution is 5.95. The summed E-state index contributed by atoms with van der Waals surface area (Å²) in [7, 11) is 3.66. The van der Waals surface area contributed by atoms with Gasteiger partial charge in [0.15, 0.2) is 0 Å². The Morgan fingerprint density at radius 1 is 1.09 bits per heavy atom. The zero-order chi connectivity index (χ0) is 41.1. The number of pyridine rings is 1. The van der Waals surface area contributed by atoms with Crippen LogP contribution in [0.1, 0.15) is 66.9 Å². The van der Waals surface area contributed by atoms with Crippen molar-refractivity contribution in [3.05, 3.63) is 72.3 Å². The van der Waals surface area contributed by atoms with Gasteiger partial charge in [-0.3, -0.25) is 9.59 Å². The van der Waals surface area contributed by atoms with Gasteiger partial charge in [0.1, 0.15) is 40.8 Å². The molecule has 3 amide bonds. The first kappa shape index (κ1) is 41.6. The molecule has 2 aliphatic rings. The van der Waals surface area contributed by atoms with E-state index in [0.29, 0.717) is 28.1 Å². The second-order valence-corrected chi connectivity index (χ2v) is 16.2. The summed E-state index contributed by atoms with van der Waals surface area (Å²) < 4.78 is 17.7. The lowest BCUT2D eigenvalue weighted by Crippen LogP contribution is -2.59. The second kappa shape index (κ2) is 16.6. The van der Waals surface area contributed by atoms with Crippen molar-refractivity contribution in [3.8, 4) is 22.8 Å². The van der Waals surface area contributed by atoms with Crippen molar-refractivity contribution in [3.63, 3.8) is 0 Å². The van der Waals surface area contributed by atoms with Crippen LogP contribution in [0.5, 0.6) is 11.5 Å². The van der Waals surface area contributed by atoms with E-state index < -0.39 is 53.2 Å². The smallest absolute Gasteiger partial charge is 0.408 e. The van der Waals surface area contributed by atoms with Gasteiger partial charge in [-0.1, -0.05) is 44.2 Å². The molecule has 5 rings (SSSR count). The molecule has 13 nitrogen and oxygen atoms in total. The SMILES string of the molecule is C=CC(C)=CCC(C)(NC(=O)[C@@H]1C[C@@H](Oc2cc(-c3ccc4c(c3)CCN4C)nc3cc(OC)ccc23)CN1C(=O)[C@@H](NC(=O)OC(C)(C)C)C(C)C)C(=O)O. The van der Waals surface area contributed by atoms with E-state index in [0.717, 1.165) is 24.1 Å². The van der Waals surface area contributed by atoms with Crippen LogP contribution in [-0.2, 0) is 25.5 Å². The molecule has 2 aliphatic heterocycles. The molecule has 3 heterocycles. The number of benzene rings is 2. The number of aliphatic carboxylic acids is 1. The van der Waals surface area contributed by atoms with E-state index in [9.17, 15) is 24.3 Å². The van der Waals surface area contributed by atoms with Crippen LogP contribution in [0.15, 0.2) is 66.8 Å². The minimum atomic E-state index is -1.69. The van der Waals surface area contributed by atoms with Gasteiger partial charge in [0.2, 0.25) is 11.8 Å². The van der Waals surface area contributed by atoms with Crippen LogP contribution in [0.4, 0.5) is 10.5 Å². The molecule has 0 radical (unpaired) electrons. The van der Waals surface area contributed by atoms with Crippen molar-refractivity contribution in [2.75, 3.05) is 32.1 Å². The number of rotatable bonds is 13. The van der Waals surface area contributed by atoms with E-state index in [-0.39, 0.29) is 25.3 Å². The molecular weight excluding hydrogens is 715 g/mol. The Hall–Kier alpha value is -5.59. The number of carboxylic acid groups (broad SMARTS) is 1. The van der Waals surface area contributed by atoms with Gasteiger partial charge in [0.05, 0.1) is 24.9 Å². The molecule has 3 N–H and O–H groups in total. The predicted octanol–water partition coefficient (Wildman–Crippen LogP) is 6.28. The Morgan fingerprint density at radius 2 is 1.82 bits per heavy atom. The molecule has 13 heteroatoms. The fourth-order valence-corrected chi connectivity index (χ4v) is 6.95. The Balaban J connectivity index is 1.52. The van der Waals surface area contributed by atoms with E-state index in [4.69, 9.17) is 19.2 Å². The number of carbonyl (C=O) groups is 4. The average Bonchev–Trinajstić information content (AvgIpc) is 3.74. The monoisotopic (exact) mass is 769 g/mol. The number of carbonyl (C=O) groups excluding carboxylic acids is 3. The van der Waals surface area contributed by atoms with Crippen molar-refractivity contribution in [2.45, 2.75) is 97.1 Å². The molecule has 0 spiro atoms. The Bertz CT molecular complexity index is 2040. The quantitative estimate of drug-likeness (QED) is 0.169. The molecule has 4 atom stereocenters. The number of likely N-dealkylation sites (N-methyl/N-ethyl adjacent to an activating group) is 1. The first-order chi connectivity index (χ1) is 26.3. The first-order valence-electron chi connectivity index (χ1n) is 19.0. The maximum atomic E-state index is 14.4. The van der Waals surface area contributed by atoms with Crippen molar-refractivity contribution < 1.29 is 38.5 Å². The van der Waals surface area contributed by atoms with Crippen LogP contribution in [0.2, 0.25) is 0 Å². The normalized spacial score (nSPS) is 18.6. The topological polar surface area (TPSA) is 160 Å². The number of fused-ring (bicyclic) bond motifs is 2. The maximum Gasteiger partial charge on any atom is 0.408 e. The number of nitrogens with zero attached hydrogens (tertiary/aromatic N) is 3. The third-order valence-electron chi connectivity index (χ3n) is 10.3. The third-order valence-corrected chi connectivity index (χ3v) is 10.3. The molecule has 1 aromatic heterocycles. The van der Waals surface area contributed by atoms with Crippen molar-refractivity contribution in [1.82, 2.24) is 20.5 Å². The minimum absolute atomic E-state index is 0.0180. The largest absolute Gasteiger partial charge is 0.497 e. The third kappa shape index (κ3) is 9.43. The summed E-state index contributed by atoms with van der Waals surface area (Å²) in [6, 6.07) is 11.5. The lowest BCUT2D eigenvalue weighted by atomic mass is 9.95. The number of ether oxygens (including phenoxy) is 3. The molecule has 1 unspecified atom stereocenters. The van der Waals surface area contributed by atoms with Crippen LogP contribution in [-0.4, -0.2) is 95.4 Å². The highest BCUT2D eigenvalue weighted by atomic mass is 16.6. The molecule has 300 valence electrons. The second-order valence-electron chi connectivity index (χ2n) is 16.2. The lowest BCUT2D eigenvalue weighted by Gasteiger charge is -2.33. The number of anilines is 1. The number of hydrogen-bond donors (Lipinski definition) is 3. The highest BCUT2D eigenvalue weighted by Gasteiger charge is 2.46. The van der Waals surface area contributed by atoms with Gasteiger partial charge in [0.25, 0.3) is 0 Å². The van der Waals surface area contributed by atoms with Crippen molar-refractivity contribution >= 4 is 40.5 Å². The minimum Gasteiger partial charge on any atom is -0.497 e. The molecule has 1 saturated heterocycles. The first-order valence-corrected chi connectivity index (χ1v) is 19.0. The molecular formula is C43H55N5O8. The van der Waals surface area contributed by atoms with E-state index in [2.05, 4.69) is 41.3 Å². The van der Waals surface area contributed by atoms with Gasteiger partial charge >= 0.3 is 12.1 Å². The fourth-order valence-electron chi connectivity index (χ4n) is 6.95.